The van der Waals surface area contributed by atoms with Crippen molar-refractivity contribution in [1.29, 1.82) is 0 Å². The van der Waals surface area contributed by atoms with Crippen molar-refractivity contribution in [2.75, 3.05) is 0 Å². The quantitative estimate of drug-likeness (QED) is 0.285. The number of alkyl halides is 1. The maximum Gasteiger partial charge on any atom is 0.271 e. The van der Waals surface area contributed by atoms with Gasteiger partial charge >= 0.3 is 0 Å². The number of amides is 1. The Morgan fingerprint density at radius 2 is 2.33 bits per heavy atom. The molecule has 1 heterocycles. The van der Waals surface area contributed by atoms with Crippen LogP contribution in [0.4, 0.5) is 0 Å². The summed E-state index contributed by atoms with van der Waals surface area (Å²) in [6, 6.07) is 0. The zero-order chi connectivity index (χ0) is 9.35. The van der Waals surface area contributed by atoms with E-state index >= 15 is 0 Å². The van der Waals surface area contributed by atoms with E-state index in [1.54, 1.807) is 0 Å². The first-order chi connectivity index (χ1) is 5.42. The van der Waals surface area contributed by atoms with Gasteiger partial charge in [0.25, 0.3) is 5.91 Å². The van der Waals surface area contributed by atoms with Crippen LogP contribution in [0.5, 0.6) is 0 Å². The van der Waals surface area contributed by atoms with Gasteiger partial charge < -0.3 is 16.8 Å². The number of carbonyl (C=O) groups excluding carboxylic acids is 1. The van der Waals surface area contributed by atoms with Crippen LogP contribution in [-0.2, 0) is 4.79 Å². The number of carbonyl (C=O) groups is 1. The molecule has 1 aliphatic rings. The van der Waals surface area contributed by atoms with Crippen LogP contribution < -0.4 is 22.5 Å². The molecule has 0 spiro atoms. The highest BCUT2D eigenvalue weighted by molar-refractivity contribution is 6.31. The molecule has 66 valence electrons. The maximum atomic E-state index is 10.6. The summed E-state index contributed by atoms with van der Waals surface area (Å²) in [5, 5.41) is 1.09. The van der Waals surface area contributed by atoms with Gasteiger partial charge in [-0.05, 0) is 0 Å². The Labute approximate surface area is 73.4 Å². The van der Waals surface area contributed by atoms with Crippen molar-refractivity contribution in [1.82, 2.24) is 5.32 Å². The Bertz CT molecular complexity index is 282. The molecule has 7 N–H and O–H groups in total. The van der Waals surface area contributed by atoms with Crippen molar-refractivity contribution in [3.63, 3.8) is 0 Å². The van der Waals surface area contributed by atoms with Crippen LogP contribution in [-0.4, -0.2) is 17.2 Å². The molecule has 0 aromatic rings. The van der Waals surface area contributed by atoms with E-state index in [1.807, 2.05) is 0 Å². The van der Waals surface area contributed by atoms with Gasteiger partial charge in [0.15, 0.2) is 5.70 Å². The molecule has 7 heteroatoms. The second-order valence-electron chi connectivity index (χ2n) is 2.28. The lowest BCUT2D eigenvalue weighted by atomic mass is 10.3. The second-order valence-corrected chi connectivity index (χ2v) is 2.90. The summed E-state index contributed by atoms with van der Waals surface area (Å²) in [5.41, 5.74) is 15.6. The van der Waals surface area contributed by atoms with E-state index in [1.165, 1.54) is 0 Å². The van der Waals surface area contributed by atoms with Crippen molar-refractivity contribution < 1.29 is 4.79 Å². The topological polar surface area (TPSA) is 120 Å². The minimum Gasteiger partial charge on any atom is -0.383 e. The monoisotopic (exact) mass is 189 g/mol. The van der Waals surface area contributed by atoms with Gasteiger partial charge in [-0.15, -0.1) is 0 Å². The minimum absolute atomic E-state index is 0.0255. The predicted molar refractivity (Wildman–Crippen MR) is 44.8 cm³/mol. The fourth-order valence-corrected chi connectivity index (χ4v) is 0.873. The lowest BCUT2D eigenvalue weighted by Gasteiger charge is -2.24. The Morgan fingerprint density at radius 1 is 1.75 bits per heavy atom. The van der Waals surface area contributed by atoms with E-state index in [-0.39, 0.29) is 11.5 Å². The van der Waals surface area contributed by atoms with Gasteiger partial charge in [0.1, 0.15) is 5.82 Å². The van der Waals surface area contributed by atoms with Crippen LogP contribution in [0.25, 0.3) is 0 Å². The molecular weight excluding hydrogens is 182 g/mol. The Kier molecular flexibility index (Phi) is 1.95. The molecule has 0 fully saturated rings. The number of rotatable bonds is 1. The lowest BCUT2D eigenvalue weighted by Crippen LogP contribution is -2.53. The van der Waals surface area contributed by atoms with Crippen molar-refractivity contribution in [3.8, 4) is 0 Å². The first-order valence-electron chi connectivity index (χ1n) is 3.03. The van der Waals surface area contributed by atoms with Gasteiger partial charge in [-0.1, -0.05) is 11.6 Å². The molecule has 1 unspecified atom stereocenters. The standard InChI is InChI=1S/C5H8ClN5O/c6-5(9)1-10-2(4(8)12)3(7)11-5/h1,11H,7,9H2,(H2,8,12). The Balaban J connectivity index is 2.95. The molecule has 12 heavy (non-hydrogen) atoms. The summed E-state index contributed by atoms with van der Waals surface area (Å²) in [6.45, 7) is 0. The molecule has 0 aromatic heterocycles. The zero-order valence-electron chi connectivity index (χ0n) is 6.04. The molecule has 1 rings (SSSR count). The molecule has 1 amide bonds. The molecule has 6 nitrogen and oxygen atoms in total. The summed E-state index contributed by atoms with van der Waals surface area (Å²) in [7, 11) is 0. The number of primary amides is 1. The number of nitrogens with zero attached hydrogens (tertiary/aromatic N) is 1. The fraction of sp³-hybridized carbons (Fsp3) is 0.200. The van der Waals surface area contributed by atoms with Crippen LogP contribution in [0.3, 0.4) is 0 Å². The van der Waals surface area contributed by atoms with Gasteiger partial charge in [0, 0.05) is 0 Å². The van der Waals surface area contributed by atoms with Crippen LogP contribution in [0.2, 0.25) is 0 Å². The van der Waals surface area contributed by atoms with Crippen LogP contribution in [0, 0.1) is 0 Å². The summed E-state index contributed by atoms with van der Waals surface area (Å²) >= 11 is 5.59. The number of hydrogen-bond donors (Lipinski definition) is 4. The summed E-state index contributed by atoms with van der Waals surface area (Å²) in [5.74, 6) is -0.758. The van der Waals surface area contributed by atoms with Crippen molar-refractivity contribution in [2.24, 2.45) is 22.2 Å². The Morgan fingerprint density at radius 3 is 2.75 bits per heavy atom. The average molecular weight is 190 g/mol. The number of hydrogen-bond acceptors (Lipinski definition) is 5. The van der Waals surface area contributed by atoms with Crippen molar-refractivity contribution in [2.45, 2.75) is 5.12 Å². The van der Waals surface area contributed by atoms with Gasteiger partial charge in [-0.3, -0.25) is 10.5 Å². The molecule has 0 bridgehead atoms. The van der Waals surface area contributed by atoms with E-state index in [2.05, 4.69) is 10.3 Å². The van der Waals surface area contributed by atoms with Crippen LogP contribution >= 0.6 is 11.6 Å². The fourth-order valence-electron chi connectivity index (χ4n) is 0.722. The third-order valence-corrected chi connectivity index (χ3v) is 1.39. The lowest BCUT2D eigenvalue weighted by molar-refractivity contribution is -0.114. The SMILES string of the molecule is NC(=O)C1=C(N)NC(N)(Cl)C=N1. The molecule has 1 atom stereocenters. The predicted octanol–water partition coefficient (Wildman–Crippen LogP) is -1.88. The molecule has 0 radical (unpaired) electrons. The van der Waals surface area contributed by atoms with E-state index in [0.29, 0.717) is 0 Å². The molecule has 0 saturated heterocycles. The number of nitrogens with two attached hydrogens (primary N) is 3. The van der Waals surface area contributed by atoms with Gasteiger partial charge in [0.2, 0.25) is 5.12 Å². The van der Waals surface area contributed by atoms with E-state index in [4.69, 9.17) is 28.8 Å². The third-order valence-electron chi connectivity index (χ3n) is 1.20. The number of halogens is 1. The molecule has 0 saturated carbocycles. The zero-order valence-corrected chi connectivity index (χ0v) is 6.80. The molecule has 0 aliphatic carbocycles. The molecule has 0 aromatic carbocycles. The average Bonchev–Trinajstić information content (AvgIpc) is 1.83. The largest absolute Gasteiger partial charge is 0.383 e. The first-order valence-corrected chi connectivity index (χ1v) is 3.41. The van der Waals surface area contributed by atoms with E-state index < -0.39 is 11.0 Å². The summed E-state index contributed by atoms with van der Waals surface area (Å²) < 4.78 is 0. The van der Waals surface area contributed by atoms with Crippen LogP contribution in [0.1, 0.15) is 0 Å². The highest BCUT2D eigenvalue weighted by atomic mass is 35.5. The van der Waals surface area contributed by atoms with Crippen molar-refractivity contribution >= 4 is 23.7 Å². The molecular formula is C5H8ClN5O. The van der Waals surface area contributed by atoms with E-state index in [0.717, 1.165) is 6.21 Å². The third kappa shape index (κ3) is 1.66. The molecule has 1 aliphatic heterocycles. The van der Waals surface area contributed by atoms with Gasteiger partial charge in [0.05, 0.1) is 6.21 Å². The smallest absolute Gasteiger partial charge is 0.271 e. The maximum absolute atomic E-state index is 10.6. The highest BCUT2D eigenvalue weighted by Crippen LogP contribution is 2.10. The highest BCUT2D eigenvalue weighted by Gasteiger charge is 2.25. The summed E-state index contributed by atoms with van der Waals surface area (Å²) in [6.07, 6.45) is 1.14. The normalized spacial score (nSPS) is 28.5. The minimum atomic E-state index is -1.34. The van der Waals surface area contributed by atoms with Gasteiger partial charge in [-0.2, -0.15) is 0 Å². The van der Waals surface area contributed by atoms with Crippen LogP contribution in [0.15, 0.2) is 16.5 Å². The second kappa shape index (κ2) is 2.65. The van der Waals surface area contributed by atoms with Gasteiger partial charge in [-0.25, -0.2) is 4.99 Å². The first kappa shape index (κ1) is 8.82. The van der Waals surface area contributed by atoms with E-state index in [9.17, 15) is 4.79 Å². The van der Waals surface area contributed by atoms with Crippen molar-refractivity contribution in [3.05, 3.63) is 11.5 Å². The summed E-state index contributed by atoms with van der Waals surface area (Å²) in [4.78, 5) is 14.2. The Hall–Kier alpha value is -1.27. The number of aliphatic imine (C=N–C) groups is 1. The number of nitrogens with one attached hydrogen (secondary N) is 1.